The van der Waals surface area contributed by atoms with E-state index >= 15 is 0 Å². The molecule has 2 aromatic rings. The predicted molar refractivity (Wildman–Crippen MR) is 137 cm³/mol. The highest BCUT2D eigenvalue weighted by atomic mass is 32.2. The van der Waals surface area contributed by atoms with Crippen LogP contribution in [0.2, 0.25) is 0 Å². The molecule has 0 unspecified atom stereocenters. The van der Waals surface area contributed by atoms with Crippen molar-refractivity contribution < 1.29 is 102 Å². The number of hydrogen-bond donors (Lipinski definition) is 0. The van der Waals surface area contributed by atoms with E-state index in [4.69, 9.17) is 9.47 Å². The summed E-state index contributed by atoms with van der Waals surface area (Å²) in [5.41, 5.74) is 0. The standard InChI is InChI=1S/C17H19O3S.C8HF17O3S/c1-2-19-17(18)20-15-9-10-16(21-11-5-6-12-21)14-8-4-3-7-13(14)15;9-1(10,3(13,14)5(17,18)7(21,22)23)2(11,12)4(15,16)6(19,20)8(24,25)29(26,27)28/h3-4,7-10H,2,5-6,11-12H2,1H3;(H,26,27,28)/q+1;/p-1. The molecule has 1 heterocycles. The van der Waals surface area contributed by atoms with Crippen molar-refractivity contribution in [3.05, 3.63) is 36.4 Å². The van der Waals surface area contributed by atoms with E-state index in [0.717, 1.165) is 5.39 Å². The van der Waals surface area contributed by atoms with Crippen molar-refractivity contribution >= 4 is 37.9 Å². The van der Waals surface area contributed by atoms with Crippen molar-refractivity contribution in [1.82, 2.24) is 0 Å². The molecule has 25 heteroatoms. The third kappa shape index (κ3) is 7.08. The van der Waals surface area contributed by atoms with Crippen LogP contribution in [-0.2, 0) is 25.7 Å². The summed E-state index contributed by atoms with van der Waals surface area (Å²) >= 11 is 0. The molecule has 1 fully saturated rings. The third-order valence-electron chi connectivity index (χ3n) is 6.65. The molecule has 6 nitrogen and oxygen atoms in total. The summed E-state index contributed by atoms with van der Waals surface area (Å²) < 4.78 is 254. The Morgan fingerprint density at radius 3 is 1.52 bits per heavy atom. The number of carbonyl (C=O) groups excluding carboxylic acids is 1. The highest BCUT2D eigenvalue weighted by molar-refractivity contribution is 7.97. The lowest BCUT2D eigenvalue weighted by atomic mass is 9.91. The van der Waals surface area contributed by atoms with Gasteiger partial charge in [-0.25, -0.2) is 13.2 Å². The van der Waals surface area contributed by atoms with E-state index in [1.54, 1.807) is 6.92 Å². The van der Waals surface area contributed by atoms with Crippen LogP contribution in [0.5, 0.6) is 5.75 Å². The molecule has 2 aromatic carbocycles. The predicted octanol–water partition coefficient (Wildman–Crippen LogP) is 8.64. The number of hydrogen-bond acceptors (Lipinski definition) is 6. The number of carbonyl (C=O) groups is 1. The van der Waals surface area contributed by atoms with Crippen LogP contribution in [0.3, 0.4) is 0 Å². The first kappa shape index (κ1) is 43.2. The molecule has 0 amide bonds. The van der Waals surface area contributed by atoms with Crippen LogP contribution in [0.4, 0.5) is 79.4 Å². The zero-order chi connectivity index (χ0) is 39.2. The molecule has 0 aromatic heterocycles. The van der Waals surface area contributed by atoms with E-state index < -0.39 is 63.2 Å². The first-order chi connectivity index (χ1) is 22.3. The van der Waals surface area contributed by atoms with Gasteiger partial charge in [0.1, 0.15) is 17.3 Å². The van der Waals surface area contributed by atoms with Gasteiger partial charge < -0.3 is 14.0 Å². The molecule has 0 saturated carbocycles. The van der Waals surface area contributed by atoms with E-state index in [1.165, 1.54) is 34.6 Å². The summed E-state index contributed by atoms with van der Waals surface area (Å²) in [6.07, 6.45) is -5.90. The minimum atomic E-state index is -8.92. The fourth-order valence-corrected chi connectivity index (χ4v) is 6.94. The molecule has 1 aliphatic heterocycles. The van der Waals surface area contributed by atoms with Crippen LogP contribution in [0.25, 0.3) is 10.8 Å². The van der Waals surface area contributed by atoms with Gasteiger partial charge in [0, 0.05) is 21.7 Å². The van der Waals surface area contributed by atoms with Gasteiger partial charge in [0.05, 0.1) is 6.61 Å². The van der Waals surface area contributed by atoms with Crippen LogP contribution >= 0.6 is 0 Å². The van der Waals surface area contributed by atoms with E-state index in [1.807, 2.05) is 24.3 Å². The number of halogens is 17. The first-order valence-electron chi connectivity index (χ1n) is 13.0. The molecule has 0 bridgehead atoms. The largest absolute Gasteiger partial charge is 0.743 e. The maximum atomic E-state index is 13.0. The maximum Gasteiger partial charge on any atom is 0.513 e. The molecule has 0 atom stereocenters. The van der Waals surface area contributed by atoms with Crippen LogP contribution in [0.1, 0.15) is 19.8 Å². The van der Waals surface area contributed by atoms with Gasteiger partial charge >= 0.3 is 53.1 Å². The Hall–Kier alpha value is -2.96. The summed E-state index contributed by atoms with van der Waals surface area (Å²) in [7, 11) is -7.80. The monoisotopic (exact) mass is 802 g/mol. The van der Waals surface area contributed by atoms with Gasteiger partial charge in [-0.3, -0.25) is 0 Å². The summed E-state index contributed by atoms with van der Waals surface area (Å²) in [5, 5.41) is -5.77. The number of benzene rings is 2. The van der Waals surface area contributed by atoms with Gasteiger partial charge in [-0.15, -0.1) is 0 Å². The fraction of sp³-hybridized carbons (Fsp3) is 0.560. The Bertz CT molecular complexity index is 1640. The SMILES string of the molecule is CCOC(=O)Oc1ccc([S+]2CCCC2)c2ccccc12.O=S(=O)([O-])C(F)(F)C(F)(F)C(F)(F)C(F)(F)C(F)(F)C(F)(F)C(F)(F)C(F)(F)F. The fourth-order valence-electron chi connectivity index (χ4n) is 4.00. The number of rotatable bonds is 10. The summed E-state index contributed by atoms with van der Waals surface area (Å²) in [5.74, 6) is -49.0. The second-order valence-corrected chi connectivity index (χ2v) is 13.6. The topological polar surface area (TPSA) is 92.7 Å². The molecule has 286 valence electrons. The highest BCUT2D eigenvalue weighted by Gasteiger charge is 2.95. The van der Waals surface area contributed by atoms with Crippen LogP contribution < -0.4 is 4.74 Å². The first-order valence-corrected chi connectivity index (χ1v) is 16.0. The molecule has 0 spiro atoms. The number of fused-ring (bicyclic) bond motifs is 1. The van der Waals surface area contributed by atoms with Gasteiger partial charge in [0.15, 0.2) is 15.0 Å². The lowest BCUT2D eigenvalue weighted by molar-refractivity contribution is -0.458. The lowest BCUT2D eigenvalue weighted by Crippen LogP contribution is -2.75. The zero-order valence-electron chi connectivity index (χ0n) is 24.2. The maximum absolute atomic E-state index is 13.0. The summed E-state index contributed by atoms with van der Waals surface area (Å²) in [6.45, 7) is 2.09. The van der Waals surface area contributed by atoms with E-state index in [2.05, 4.69) is 12.1 Å². The van der Waals surface area contributed by atoms with Gasteiger partial charge in [0.25, 0.3) is 0 Å². The molecule has 1 saturated heterocycles. The molecular formula is C25H19F17O6S2. The van der Waals surface area contributed by atoms with Crippen molar-refractivity contribution in [1.29, 1.82) is 0 Å². The van der Waals surface area contributed by atoms with Crippen molar-refractivity contribution in [2.24, 2.45) is 0 Å². The van der Waals surface area contributed by atoms with Crippen molar-refractivity contribution in [3.63, 3.8) is 0 Å². The Kier molecular flexibility index (Phi) is 12.0. The van der Waals surface area contributed by atoms with Gasteiger partial charge in [-0.1, -0.05) is 18.2 Å². The van der Waals surface area contributed by atoms with Gasteiger partial charge in [-0.05, 0) is 38.0 Å². The van der Waals surface area contributed by atoms with E-state index in [9.17, 15) is 92.4 Å². The average molecular weight is 803 g/mol. The third-order valence-corrected chi connectivity index (χ3v) is 10.1. The highest BCUT2D eigenvalue weighted by Crippen LogP contribution is 2.64. The summed E-state index contributed by atoms with van der Waals surface area (Å²) in [6, 6.07) is 12.2. The minimum Gasteiger partial charge on any atom is -0.743 e. The molecule has 0 N–H and O–H groups in total. The summed E-state index contributed by atoms with van der Waals surface area (Å²) in [4.78, 5) is 13.0. The molecule has 3 rings (SSSR count). The number of alkyl halides is 17. The molecular weight excluding hydrogens is 783 g/mol. The quantitative estimate of drug-likeness (QED) is 0.0786. The lowest BCUT2D eigenvalue weighted by Gasteiger charge is -2.42. The van der Waals surface area contributed by atoms with Crippen LogP contribution in [0.15, 0.2) is 41.3 Å². The Labute approximate surface area is 272 Å². The van der Waals surface area contributed by atoms with Crippen molar-refractivity contribution in [2.75, 3.05) is 18.1 Å². The molecule has 50 heavy (non-hydrogen) atoms. The Morgan fingerprint density at radius 1 is 0.680 bits per heavy atom. The Morgan fingerprint density at radius 2 is 1.10 bits per heavy atom. The molecule has 0 aliphatic carbocycles. The molecule has 1 aliphatic rings. The second kappa shape index (κ2) is 13.9. The van der Waals surface area contributed by atoms with Crippen molar-refractivity contribution in [3.8, 4) is 5.75 Å². The van der Waals surface area contributed by atoms with E-state index in [0.29, 0.717) is 23.3 Å². The second-order valence-electron chi connectivity index (χ2n) is 9.92. The van der Waals surface area contributed by atoms with Crippen molar-refractivity contribution in [2.45, 2.75) is 71.6 Å². The minimum absolute atomic E-state index is 0.318. The molecule has 0 radical (unpaired) electrons. The van der Waals surface area contributed by atoms with Gasteiger partial charge in [-0.2, -0.15) is 74.6 Å². The van der Waals surface area contributed by atoms with Gasteiger partial charge in [0.2, 0.25) is 0 Å². The van der Waals surface area contributed by atoms with Crippen LogP contribution in [0, 0.1) is 0 Å². The Balaban J connectivity index is 0.000000361. The average Bonchev–Trinajstić information content (AvgIpc) is 3.51. The smallest absolute Gasteiger partial charge is 0.513 e. The zero-order valence-corrected chi connectivity index (χ0v) is 25.8. The normalized spacial score (nSPS) is 16.2. The van der Waals surface area contributed by atoms with Crippen LogP contribution in [-0.4, -0.2) is 84.2 Å². The van der Waals surface area contributed by atoms with E-state index in [-0.39, 0.29) is 0 Å². The number of ether oxygens (including phenoxy) is 2.